The molecule has 0 aromatic carbocycles. The van der Waals surface area contributed by atoms with E-state index in [-0.39, 0.29) is 11.6 Å². The maximum atomic E-state index is 13.9. The van der Waals surface area contributed by atoms with Crippen molar-refractivity contribution in [3.05, 3.63) is 17.7 Å². The molecule has 0 bridgehead atoms. The smallest absolute Gasteiger partial charge is 0.178 e. The first kappa shape index (κ1) is 17.6. The Morgan fingerprint density at radius 2 is 1.76 bits per heavy atom. The molecule has 1 aromatic rings. The van der Waals surface area contributed by atoms with Gasteiger partial charge in [-0.1, -0.05) is 13.8 Å². The number of pyridine rings is 1. The molecular weight excluding hydrogens is 276 g/mol. The number of hydrogen-bond acceptors (Lipinski definition) is 5. The van der Waals surface area contributed by atoms with Crippen molar-refractivity contribution >= 4 is 11.6 Å². The third kappa shape index (κ3) is 4.78. The fraction of sp³-hybridized carbons (Fsp3) is 0.643. The van der Waals surface area contributed by atoms with E-state index >= 15 is 0 Å². The topological polar surface area (TPSA) is 57.4 Å². The zero-order chi connectivity index (χ0) is 15.8. The standard InChI is InChI=1S/C14H25F2N5/c1-4-20(5-2)8-7-9-21(6-3)14-12(16)10-11(15)13(18-14)19-17/h10H,4-9,17H2,1-3H3,(H,18,19). The lowest BCUT2D eigenvalue weighted by atomic mass is 10.3. The van der Waals surface area contributed by atoms with Crippen LogP contribution in [-0.2, 0) is 0 Å². The second kappa shape index (κ2) is 8.74. The Balaban J connectivity index is 2.76. The highest BCUT2D eigenvalue weighted by molar-refractivity contribution is 5.48. The third-order valence-corrected chi connectivity index (χ3v) is 3.53. The van der Waals surface area contributed by atoms with Gasteiger partial charge in [0.25, 0.3) is 0 Å². The molecule has 1 aromatic heterocycles. The highest BCUT2D eigenvalue weighted by Crippen LogP contribution is 2.22. The predicted molar refractivity (Wildman–Crippen MR) is 82.3 cm³/mol. The van der Waals surface area contributed by atoms with E-state index in [0.717, 1.165) is 32.1 Å². The molecule has 21 heavy (non-hydrogen) atoms. The van der Waals surface area contributed by atoms with E-state index in [2.05, 4.69) is 29.2 Å². The summed E-state index contributed by atoms with van der Waals surface area (Å²) in [6.45, 7) is 10.3. The van der Waals surface area contributed by atoms with E-state index in [1.807, 2.05) is 6.92 Å². The van der Waals surface area contributed by atoms with Crippen molar-refractivity contribution < 1.29 is 8.78 Å². The first-order valence-electron chi connectivity index (χ1n) is 7.37. The molecule has 0 unspecified atom stereocenters. The van der Waals surface area contributed by atoms with Gasteiger partial charge in [-0.05, 0) is 33.0 Å². The Kier molecular flexibility index (Phi) is 7.31. The largest absolute Gasteiger partial charge is 0.354 e. The average molecular weight is 301 g/mol. The van der Waals surface area contributed by atoms with Gasteiger partial charge in [-0.3, -0.25) is 0 Å². The minimum Gasteiger partial charge on any atom is -0.354 e. The molecule has 1 heterocycles. The van der Waals surface area contributed by atoms with E-state index in [1.165, 1.54) is 0 Å². The van der Waals surface area contributed by atoms with Crippen LogP contribution < -0.4 is 16.2 Å². The van der Waals surface area contributed by atoms with Gasteiger partial charge in [-0.15, -0.1) is 0 Å². The number of hydrogen-bond donors (Lipinski definition) is 2. The number of halogens is 2. The molecule has 0 aliphatic rings. The van der Waals surface area contributed by atoms with Crippen LogP contribution >= 0.6 is 0 Å². The number of nitrogens with two attached hydrogens (primary N) is 1. The van der Waals surface area contributed by atoms with Crippen LogP contribution in [0.1, 0.15) is 27.2 Å². The molecule has 0 saturated heterocycles. The number of nitrogens with zero attached hydrogens (tertiary/aromatic N) is 3. The van der Waals surface area contributed by atoms with Crippen molar-refractivity contribution in [2.75, 3.05) is 43.0 Å². The summed E-state index contributed by atoms with van der Waals surface area (Å²) in [6, 6.07) is 0.810. The molecule has 0 saturated carbocycles. The normalized spacial score (nSPS) is 11.0. The number of anilines is 2. The third-order valence-electron chi connectivity index (χ3n) is 3.53. The van der Waals surface area contributed by atoms with Crippen molar-refractivity contribution in [2.24, 2.45) is 5.84 Å². The van der Waals surface area contributed by atoms with Crippen molar-refractivity contribution in [1.82, 2.24) is 9.88 Å². The monoisotopic (exact) mass is 301 g/mol. The SMILES string of the molecule is CCN(CC)CCCN(CC)c1nc(NN)c(F)cc1F. The van der Waals surface area contributed by atoms with Crippen molar-refractivity contribution in [3.8, 4) is 0 Å². The predicted octanol–water partition coefficient (Wildman–Crippen LogP) is 2.20. The van der Waals surface area contributed by atoms with Gasteiger partial charge in [-0.25, -0.2) is 19.6 Å². The van der Waals surface area contributed by atoms with E-state index in [1.54, 1.807) is 4.90 Å². The number of aromatic nitrogens is 1. The lowest BCUT2D eigenvalue weighted by Crippen LogP contribution is -2.31. The van der Waals surface area contributed by atoms with E-state index in [4.69, 9.17) is 5.84 Å². The van der Waals surface area contributed by atoms with Crippen molar-refractivity contribution in [1.29, 1.82) is 0 Å². The summed E-state index contributed by atoms with van der Waals surface area (Å²) in [7, 11) is 0. The molecule has 7 heteroatoms. The minimum atomic E-state index is -0.794. The molecule has 3 N–H and O–H groups in total. The first-order valence-corrected chi connectivity index (χ1v) is 7.37. The molecule has 0 fully saturated rings. The number of nitrogens with one attached hydrogen (secondary N) is 1. The lowest BCUT2D eigenvalue weighted by Gasteiger charge is -2.25. The van der Waals surface area contributed by atoms with Crippen LogP contribution in [0.4, 0.5) is 20.4 Å². The molecule has 0 amide bonds. The number of hydrazine groups is 1. The van der Waals surface area contributed by atoms with Gasteiger partial charge in [-0.2, -0.15) is 0 Å². The van der Waals surface area contributed by atoms with Gasteiger partial charge in [0.2, 0.25) is 0 Å². The van der Waals surface area contributed by atoms with Crippen LogP contribution in [0.25, 0.3) is 0 Å². The number of nitrogen functional groups attached to an aromatic ring is 1. The minimum absolute atomic E-state index is 0.131. The van der Waals surface area contributed by atoms with Gasteiger partial charge in [0.15, 0.2) is 23.3 Å². The van der Waals surface area contributed by atoms with Crippen LogP contribution in [-0.4, -0.2) is 42.6 Å². The fourth-order valence-electron chi connectivity index (χ4n) is 2.22. The van der Waals surface area contributed by atoms with Gasteiger partial charge in [0.1, 0.15) is 0 Å². The zero-order valence-electron chi connectivity index (χ0n) is 13.0. The number of rotatable bonds is 9. The zero-order valence-corrected chi connectivity index (χ0v) is 13.0. The first-order chi connectivity index (χ1) is 10.1. The van der Waals surface area contributed by atoms with Gasteiger partial charge in [0.05, 0.1) is 0 Å². The second-order valence-electron chi connectivity index (χ2n) is 4.73. The summed E-state index contributed by atoms with van der Waals surface area (Å²) in [5.74, 6) is 3.71. The summed E-state index contributed by atoms with van der Waals surface area (Å²) in [4.78, 5) is 8.02. The Morgan fingerprint density at radius 1 is 1.10 bits per heavy atom. The van der Waals surface area contributed by atoms with Gasteiger partial charge < -0.3 is 15.2 Å². The highest BCUT2D eigenvalue weighted by Gasteiger charge is 2.16. The molecule has 0 atom stereocenters. The molecule has 120 valence electrons. The highest BCUT2D eigenvalue weighted by atomic mass is 19.1. The Morgan fingerprint density at radius 3 is 2.29 bits per heavy atom. The van der Waals surface area contributed by atoms with E-state index < -0.39 is 11.6 Å². The molecule has 0 spiro atoms. The van der Waals surface area contributed by atoms with Crippen LogP contribution in [0.15, 0.2) is 6.07 Å². The molecule has 0 radical (unpaired) electrons. The van der Waals surface area contributed by atoms with Gasteiger partial charge in [0, 0.05) is 19.2 Å². The fourth-order valence-corrected chi connectivity index (χ4v) is 2.22. The van der Waals surface area contributed by atoms with Crippen molar-refractivity contribution in [3.63, 3.8) is 0 Å². The summed E-state index contributed by atoms with van der Waals surface area (Å²) in [6.07, 6.45) is 0.888. The molecule has 0 aliphatic heterocycles. The summed E-state index contributed by atoms with van der Waals surface area (Å²) >= 11 is 0. The lowest BCUT2D eigenvalue weighted by molar-refractivity contribution is 0.300. The van der Waals surface area contributed by atoms with Crippen LogP contribution in [0.3, 0.4) is 0 Å². The summed E-state index contributed by atoms with van der Waals surface area (Å²) in [5, 5.41) is 0. The summed E-state index contributed by atoms with van der Waals surface area (Å²) < 4.78 is 27.3. The summed E-state index contributed by atoms with van der Waals surface area (Å²) in [5.41, 5.74) is 2.15. The van der Waals surface area contributed by atoms with Crippen LogP contribution in [0.5, 0.6) is 0 Å². The average Bonchev–Trinajstić information content (AvgIpc) is 2.49. The quantitative estimate of drug-likeness (QED) is 0.541. The van der Waals surface area contributed by atoms with E-state index in [9.17, 15) is 8.78 Å². The van der Waals surface area contributed by atoms with Crippen LogP contribution in [0.2, 0.25) is 0 Å². The molecule has 5 nitrogen and oxygen atoms in total. The molecule has 1 rings (SSSR count). The molecular formula is C14H25F2N5. The Labute approximate surface area is 125 Å². The second-order valence-corrected chi connectivity index (χ2v) is 4.73. The molecule has 0 aliphatic carbocycles. The van der Waals surface area contributed by atoms with E-state index in [0.29, 0.717) is 13.1 Å². The van der Waals surface area contributed by atoms with Crippen molar-refractivity contribution in [2.45, 2.75) is 27.2 Å². The Bertz CT molecular complexity index is 438. The maximum absolute atomic E-state index is 13.9. The Hall–Kier alpha value is -1.47. The van der Waals surface area contributed by atoms with Crippen LogP contribution in [0, 0.1) is 11.6 Å². The van der Waals surface area contributed by atoms with Gasteiger partial charge >= 0.3 is 0 Å². The maximum Gasteiger partial charge on any atom is 0.178 e.